The van der Waals surface area contributed by atoms with Gasteiger partial charge in [0.15, 0.2) is 5.11 Å². The highest BCUT2D eigenvalue weighted by Gasteiger charge is 2.15. The average molecular weight is 322 g/mol. The number of ether oxygens (including phenoxy) is 1. The van der Waals surface area contributed by atoms with Crippen molar-refractivity contribution in [2.24, 2.45) is 0 Å². The van der Waals surface area contributed by atoms with Crippen molar-refractivity contribution in [2.45, 2.75) is 53.1 Å². The van der Waals surface area contributed by atoms with Crippen molar-refractivity contribution < 1.29 is 9.53 Å². The van der Waals surface area contributed by atoms with Crippen LogP contribution in [0.4, 0.5) is 5.69 Å². The van der Waals surface area contributed by atoms with Gasteiger partial charge in [-0.05, 0) is 76.5 Å². The zero-order valence-electron chi connectivity index (χ0n) is 14.1. The van der Waals surface area contributed by atoms with Crippen LogP contribution in [-0.2, 0) is 9.53 Å². The Bertz CT molecular complexity index is 536. The maximum atomic E-state index is 11.6. The molecule has 0 spiro atoms. The van der Waals surface area contributed by atoms with Crippen molar-refractivity contribution in [3.05, 3.63) is 29.3 Å². The molecule has 0 aliphatic heterocycles. The van der Waals surface area contributed by atoms with Gasteiger partial charge in [0, 0.05) is 18.7 Å². The summed E-state index contributed by atoms with van der Waals surface area (Å²) < 4.78 is 5.25. The number of anilines is 1. The van der Waals surface area contributed by atoms with Crippen LogP contribution < -0.4 is 10.6 Å². The molecule has 0 aliphatic carbocycles. The summed E-state index contributed by atoms with van der Waals surface area (Å²) in [4.78, 5) is 11.6. The number of hydrogen-bond acceptors (Lipinski definition) is 3. The summed E-state index contributed by atoms with van der Waals surface area (Å²) in [6.07, 6.45) is 1.07. The van der Waals surface area contributed by atoms with Gasteiger partial charge in [-0.2, -0.15) is 0 Å². The highest BCUT2D eigenvalue weighted by molar-refractivity contribution is 7.80. The van der Waals surface area contributed by atoms with Crippen molar-refractivity contribution in [1.82, 2.24) is 5.32 Å². The third-order valence-electron chi connectivity index (χ3n) is 3.03. The molecule has 0 aromatic heterocycles. The summed E-state index contributed by atoms with van der Waals surface area (Å²) in [6.45, 7) is 10.4. The largest absolute Gasteiger partial charge is 0.460 e. The number of carbonyl (C=O) groups is 1. The van der Waals surface area contributed by atoms with Crippen LogP contribution in [0.3, 0.4) is 0 Å². The molecule has 0 atom stereocenters. The lowest BCUT2D eigenvalue weighted by atomic mass is 10.1. The minimum Gasteiger partial charge on any atom is -0.460 e. The first-order valence-electron chi connectivity index (χ1n) is 7.51. The van der Waals surface area contributed by atoms with Gasteiger partial charge in [0.2, 0.25) is 0 Å². The maximum absolute atomic E-state index is 11.6. The number of rotatable bonds is 5. The standard InChI is InChI=1S/C17H26N2O2S/c1-12-8-9-14(11-13(12)2)19-16(22)18-10-6-7-15(20)21-17(3,4)5/h8-9,11H,6-7,10H2,1-5H3,(H2,18,19,22). The number of hydrogen-bond donors (Lipinski definition) is 2. The molecule has 2 N–H and O–H groups in total. The Balaban J connectivity index is 2.26. The first-order valence-corrected chi connectivity index (χ1v) is 7.92. The van der Waals surface area contributed by atoms with Gasteiger partial charge in [0.05, 0.1) is 0 Å². The van der Waals surface area contributed by atoms with Gasteiger partial charge < -0.3 is 15.4 Å². The van der Waals surface area contributed by atoms with Gasteiger partial charge in [0.1, 0.15) is 5.60 Å². The predicted molar refractivity (Wildman–Crippen MR) is 95.2 cm³/mol. The van der Waals surface area contributed by atoms with Crippen molar-refractivity contribution >= 4 is 29.0 Å². The summed E-state index contributed by atoms with van der Waals surface area (Å²) in [5.41, 5.74) is 3.01. The molecule has 1 aromatic rings. The van der Waals surface area contributed by atoms with E-state index in [1.807, 2.05) is 26.8 Å². The lowest BCUT2D eigenvalue weighted by molar-refractivity contribution is -0.154. The van der Waals surface area contributed by atoms with Crippen LogP contribution in [0, 0.1) is 13.8 Å². The summed E-state index contributed by atoms with van der Waals surface area (Å²) in [7, 11) is 0. The maximum Gasteiger partial charge on any atom is 0.306 e. The van der Waals surface area contributed by atoms with Crippen molar-refractivity contribution in [3.63, 3.8) is 0 Å². The smallest absolute Gasteiger partial charge is 0.306 e. The molecule has 22 heavy (non-hydrogen) atoms. The SMILES string of the molecule is Cc1ccc(NC(=S)NCCCC(=O)OC(C)(C)C)cc1C. The van der Waals surface area contributed by atoms with Crippen LogP contribution in [0.25, 0.3) is 0 Å². The lowest BCUT2D eigenvalue weighted by Crippen LogP contribution is -2.30. The van der Waals surface area contributed by atoms with Crippen molar-refractivity contribution in [2.75, 3.05) is 11.9 Å². The Morgan fingerprint density at radius 3 is 2.50 bits per heavy atom. The quantitative estimate of drug-likeness (QED) is 0.492. The minimum atomic E-state index is -0.426. The van der Waals surface area contributed by atoms with E-state index in [4.69, 9.17) is 17.0 Å². The molecule has 4 nitrogen and oxygen atoms in total. The highest BCUT2D eigenvalue weighted by atomic mass is 32.1. The summed E-state index contributed by atoms with van der Waals surface area (Å²) in [5, 5.41) is 6.80. The van der Waals surface area contributed by atoms with Crippen LogP contribution in [0.15, 0.2) is 18.2 Å². The Kier molecular flexibility index (Phi) is 6.81. The molecule has 0 amide bonds. The van der Waals surface area contributed by atoms with E-state index in [0.29, 0.717) is 24.5 Å². The zero-order valence-corrected chi connectivity index (χ0v) is 14.9. The van der Waals surface area contributed by atoms with E-state index in [-0.39, 0.29) is 5.97 Å². The van der Waals surface area contributed by atoms with E-state index in [1.54, 1.807) is 0 Å². The summed E-state index contributed by atoms with van der Waals surface area (Å²) in [5.74, 6) is -0.178. The molecule has 122 valence electrons. The van der Waals surface area contributed by atoms with E-state index < -0.39 is 5.60 Å². The molecule has 0 saturated carbocycles. The molecule has 0 heterocycles. The van der Waals surface area contributed by atoms with Gasteiger partial charge in [-0.3, -0.25) is 4.79 Å². The van der Waals surface area contributed by atoms with Crippen LogP contribution >= 0.6 is 12.2 Å². The Morgan fingerprint density at radius 2 is 1.91 bits per heavy atom. The second kappa shape index (κ2) is 8.13. The molecule has 5 heteroatoms. The second-order valence-corrected chi connectivity index (χ2v) is 6.78. The predicted octanol–water partition coefficient (Wildman–Crippen LogP) is 3.71. The fourth-order valence-electron chi connectivity index (χ4n) is 1.82. The van der Waals surface area contributed by atoms with Crippen LogP contribution in [0.5, 0.6) is 0 Å². The third-order valence-corrected chi connectivity index (χ3v) is 3.27. The molecular weight excluding hydrogens is 296 g/mol. The van der Waals surface area contributed by atoms with E-state index in [1.165, 1.54) is 11.1 Å². The Labute approximate surface area is 138 Å². The van der Waals surface area contributed by atoms with Crippen LogP contribution in [0.1, 0.15) is 44.7 Å². The van der Waals surface area contributed by atoms with Crippen molar-refractivity contribution in [3.8, 4) is 0 Å². The molecule has 0 radical (unpaired) electrons. The molecule has 1 rings (SSSR count). The fraction of sp³-hybridized carbons (Fsp3) is 0.529. The number of thiocarbonyl (C=S) groups is 1. The van der Waals surface area contributed by atoms with Gasteiger partial charge >= 0.3 is 5.97 Å². The monoisotopic (exact) mass is 322 g/mol. The van der Waals surface area contributed by atoms with E-state index in [2.05, 4.69) is 36.6 Å². The normalized spacial score (nSPS) is 11.0. The van der Waals surface area contributed by atoms with Gasteiger partial charge in [-0.25, -0.2) is 0 Å². The number of benzene rings is 1. The molecule has 0 bridgehead atoms. The Hall–Kier alpha value is -1.62. The molecule has 0 fully saturated rings. The number of carbonyl (C=O) groups excluding carboxylic acids is 1. The molecule has 0 unspecified atom stereocenters. The van der Waals surface area contributed by atoms with Crippen LogP contribution in [0.2, 0.25) is 0 Å². The molecule has 1 aromatic carbocycles. The molecule has 0 aliphatic rings. The number of esters is 1. The fourth-order valence-corrected chi connectivity index (χ4v) is 2.04. The molecule has 0 saturated heterocycles. The Morgan fingerprint density at radius 1 is 1.23 bits per heavy atom. The van der Waals surface area contributed by atoms with Crippen molar-refractivity contribution in [1.29, 1.82) is 0 Å². The number of nitrogens with one attached hydrogen (secondary N) is 2. The van der Waals surface area contributed by atoms with Gasteiger partial charge in [-0.1, -0.05) is 6.07 Å². The average Bonchev–Trinajstić information content (AvgIpc) is 2.37. The molecular formula is C17H26N2O2S. The first-order chi connectivity index (χ1) is 10.2. The van der Waals surface area contributed by atoms with Gasteiger partial charge in [-0.15, -0.1) is 0 Å². The first kappa shape index (κ1) is 18.4. The zero-order chi connectivity index (χ0) is 16.8. The van der Waals surface area contributed by atoms with E-state index in [9.17, 15) is 4.79 Å². The van der Waals surface area contributed by atoms with Gasteiger partial charge in [0.25, 0.3) is 0 Å². The minimum absolute atomic E-state index is 0.178. The highest BCUT2D eigenvalue weighted by Crippen LogP contribution is 2.14. The summed E-state index contributed by atoms with van der Waals surface area (Å²) >= 11 is 5.24. The van der Waals surface area contributed by atoms with E-state index >= 15 is 0 Å². The number of aryl methyl sites for hydroxylation is 2. The second-order valence-electron chi connectivity index (χ2n) is 6.37. The summed E-state index contributed by atoms with van der Waals surface area (Å²) in [6, 6.07) is 6.11. The van der Waals surface area contributed by atoms with Crippen LogP contribution in [-0.4, -0.2) is 23.2 Å². The topological polar surface area (TPSA) is 50.4 Å². The lowest BCUT2D eigenvalue weighted by Gasteiger charge is -2.19. The third kappa shape index (κ3) is 7.41. The van der Waals surface area contributed by atoms with E-state index in [0.717, 1.165) is 5.69 Å².